The lowest BCUT2D eigenvalue weighted by Gasteiger charge is -2.14. The van der Waals surface area contributed by atoms with Gasteiger partial charge in [0, 0.05) is 5.39 Å². The molecule has 3 aromatic rings. The van der Waals surface area contributed by atoms with Crippen molar-refractivity contribution < 1.29 is 35.8 Å². The standard InChI is InChI=1S/C14H11ClN4O8S2/c1-27-14-18-12(15)17-13(19-14)16-10-8-3-2-7(28(21,22)23)4-6(8)5-9(11(10)20)29(24,25)26/h2-5,20H,1H3,(H,21,22,23)(H,24,25,26)(H,16,17,18,19). The number of phenolic OH excluding ortho intramolecular Hbond substituents is 1. The molecule has 0 aliphatic carbocycles. The van der Waals surface area contributed by atoms with Gasteiger partial charge in [0.25, 0.3) is 20.2 Å². The summed E-state index contributed by atoms with van der Waals surface area (Å²) in [7, 11) is -8.25. The summed E-state index contributed by atoms with van der Waals surface area (Å²) in [6.45, 7) is 0. The van der Waals surface area contributed by atoms with Crippen LogP contribution in [-0.4, -0.2) is 53.1 Å². The van der Waals surface area contributed by atoms with Gasteiger partial charge in [0.2, 0.25) is 11.2 Å². The first kappa shape index (κ1) is 20.9. The first-order valence-electron chi connectivity index (χ1n) is 7.37. The summed E-state index contributed by atoms with van der Waals surface area (Å²) < 4.78 is 69.5. The third kappa shape index (κ3) is 4.30. The van der Waals surface area contributed by atoms with Crippen molar-refractivity contribution in [3.8, 4) is 11.8 Å². The van der Waals surface area contributed by atoms with Crippen LogP contribution in [0.5, 0.6) is 11.8 Å². The summed E-state index contributed by atoms with van der Waals surface area (Å²) in [5.41, 5.74) is -0.290. The minimum absolute atomic E-state index is 0.0554. The summed E-state index contributed by atoms with van der Waals surface area (Å²) in [6, 6.07) is 3.81. The summed E-state index contributed by atoms with van der Waals surface area (Å²) >= 11 is 5.75. The summed E-state index contributed by atoms with van der Waals surface area (Å²) in [5.74, 6) is -1.14. The number of hydrogen-bond acceptors (Lipinski definition) is 10. The molecule has 3 rings (SSSR count). The van der Waals surface area contributed by atoms with Crippen LogP contribution in [0.25, 0.3) is 10.8 Å². The molecule has 29 heavy (non-hydrogen) atoms. The number of ether oxygens (including phenoxy) is 1. The number of phenols is 1. The van der Waals surface area contributed by atoms with Crippen LogP contribution >= 0.6 is 11.6 Å². The van der Waals surface area contributed by atoms with Crippen LogP contribution in [0, 0.1) is 0 Å². The molecule has 0 aliphatic heterocycles. The summed E-state index contributed by atoms with van der Waals surface area (Å²) in [4.78, 5) is 9.82. The number of rotatable bonds is 5. The topological polar surface area (TPSA) is 189 Å². The Bertz CT molecular complexity index is 1350. The first-order chi connectivity index (χ1) is 13.4. The molecule has 0 fully saturated rings. The highest BCUT2D eigenvalue weighted by Gasteiger charge is 2.23. The molecule has 1 heterocycles. The molecule has 0 spiro atoms. The van der Waals surface area contributed by atoms with Crippen LogP contribution in [0.3, 0.4) is 0 Å². The third-order valence-electron chi connectivity index (χ3n) is 3.63. The van der Waals surface area contributed by atoms with Crippen molar-refractivity contribution in [3.05, 3.63) is 29.5 Å². The van der Waals surface area contributed by atoms with Gasteiger partial charge in [-0.05, 0) is 35.2 Å². The second-order valence-electron chi connectivity index (χ2n) is 5.47. The van der Waals surface area contributed by atoms with Crippen molar-refractivity contribution in [1.29, 1.82) is 0 Å². The molecule has 2 aromatic carbocycles. The number of aromatic nitrogens is 3. The fourth-order valence-electron chi connectivity index (χ4n) is 2.42. The maximum absolute atomic E-state index is 11.7. The van der Waals surface area contributed by atoms with Gasteiger partial charge in [-0.2, -0.15) is 31.8 Å². The summed E-state index contributed by atoms with van der Waals surface area (Å²) in [5, 5.41) is 12.7. The number of methoxy groups -OCH3 is 1. The molecule has 0 bridgehead atoms. The van der Waals surface area contributed by atoms with Crippen LogP contribution in [-0.2, 0) is 20.2 Å². The Morgan fingerprint density at radius 2 is 1.72 bits per heavy atom. The Balaban J connectivity index is 2.32. The van der Waals surface area contributed by atoms with Crippen molar-refractivity contribution in [2.45, 2.75) is 9.79 Å². The minimum Gasteiger partial charge on any atom is -0.504 e. The van der Waals surface area contributed by atoms with Gasteiger partial charge in [-0.1, -0.05) is 6.07 Å². The van der Waals surface area contributed by atoms with E-state index in [-0.39, 0.29) is 33.7 Å². The van der Waals surface area contributed by atoms with Gasteiger partial charge in [-0.3, -0.25) is 9.11 Å². The quantitative estimate of drug-likeness (QED) is 0.317. The normalized spacial score (nSPS) is 12.1. The predicted octanol–water partition coefficient (Wildman–Crippen LogP) is 1.63. The van der Waals surface area contributed by atoms with Crippen LogP contribution in [0.4, 0.5) is 11.6 Å². The lowest BCUT2D eigenvalue weighted by Crippen LogP contribution is -2.05. The van der Waals surface area contributed by atoms with Crippen molar-refractivity contribution in [2.75, 3.05) is 12.4 Å². The maximum Gasteiger partial charge on any atom is 0.322 e. The molecule has 4 N–H and O–H groups in total. The zero-order valence-electron chi connectivity index (χ0n) is 14.2. The molecule has 15 heteroatoms. The number of nitrogens with one attached hydrogen (secondary N) is 1. The van der Waals surface area contributed by atoms with E-state index >= 15 is 0 Å². The van der Waals surface area contributed by atoms with E-state index in [1.807, 2.05) is 0 Å². The Hall–Kier alpha value is -2.78. The van der Waals surface area contributed by atoms with Gasteiger partial charge in [0.05, 0.1) is 17.7 Å². The first-order valence-corrected chi connectivity index (χ1v) is 10.6. The summed E-state index contributed by atoms with van der Waals surface area (Å²) in [6.07, 6.45) is 0. The van der Waals surface area contributed by atoms with E-state index in [4.69, 9.17) is 16.3 Å². The Labute approximate surface area is 168 Å². The molecule has 0 unspecified atom stereocenters. The van der Waals surface area contributed by atoms with E-state index < -0.39 is 35.8 Å². The second kappa shape index (κ2) is 7.23. The molecule has 12 nitrogen and oxygen atoms in total. The number of halogens is 1. The smallest absolute Gasteiger partial charge is 0.322 e. The molecule has 0 amide bonds. The largest absolute Gasteiger partial charge is 0.504 e. The van der Waals surface area contributed by atoms with E-state index in [0.29, 0.717) is 0 Å². The molecule has 0 saturated heterocycles. The number of anilines is 2. The average Bonchev–Trinajstić information content (AvgIpc) is 2.61. The van der Waals surface area contributed by atoms with E-state index in [1.165, 1.54) is 13.2 Å². The second-order valence-corrected chi connectivity index (χ2v) is 8.62. The van der Waals surface area contributed by atoms with E-state index in [0.717, 1.165) is 18.2 Å². The van der Waals surface area contributed by atoms with Gasteiger partial charge in [-0.25, -0.2) is 0 Å². The van der Waals surface area contributed by atoms with Gasteiger partial charge in [0.15, 0.2) is 5.75 Å². The predicted molar refractivity (Wildman–Crippen MR) is 99.9 cm³/mol. The number of nitrogens with zero attached hydrogens (tertiary/aromatic N) is 3. The van der Waals surface area contributed by atoms with Crippen molar-refractivity contribution in [1.82, 2.24) is 15.0 Å². The fourth-order valence-corrected chi connectivity index (χ4v) is 3.71. The van der Waals surface area contributed by atoms with Crippen molar-refractivity contribution in [3.63, 3.8) is 0 Å². The maximum atomic E-state index is 11.7. The van der Waals surface area contributed by atoms with Crippen LogP contribution < -0.4 is 10.1 Å². The van der Waals surface area contributed by atoms with Gasteiger partial charge >= 0.3 is 6.01 Å². The zero-order chi connectivity index (χ0) is 21.6. The molecular weight excluding hydrogens is 452 g/mol. The third-order valence-corrected chi connectivity index (χ3v) is 5.52. The van der Waals surface area contributed by atoms with Gasteiger partial charge < -0.3 is 15.2 Å². The van der Waals surface area contributed by atoms with E-state index in [1.54, 1.807) is 0 Å². The van der Waals surface area contributed by atoms with Gasteiger partial charge in [0.1, 0.15) is 4.90 Å². The van der Waals surface area contributed by atoms with Crippen molar-refractivity contribution in [2.24, 2.45) is 0 Å². The van der Waals surface area contributed by atoms with Crippen LogP contribution in [0.2, 0.25) is 5.28 Å². The van der Waals surface area contributed by atoms with E-state index in [9.17, 15) is 31.0 Å². The van der Waals surface area contributed by atoms with E-state index in [2.05, 4.69) is 20.3 Å². The fraction of sp³-hybridized carbons (Fsp3) is 0.0714. The molecule has 0 aliphatic rings. The SMILES string of the molecule is COc1nc(Cl)nc(Nc2c(O)c(S(=O)(=O)O)cc3cc(S(=O)(=O)O)ccc23)n1. The Kier molecular flexibility index (Phi) is 5.22. The molecule has 0 saturated carbocycles. The number of hydrogen-bond donors (Lipinski definition) is 4. The molecule has 0 radical (unpaired) electrons. The highest BCUT2D eigenvalue weighted by atomic mass is 35.5. The lowest BCUT2D eigenvalue weighted by molar-refractivity contribution is 0.379. The molecule has 1 aromatic heterocycles. The molecule has 0 atom stereocenters. The highest BCUT2D eigenvalue weighted by molar-refractivity contribution is 7.86. The monoisotopic (exact) mass is 462 g/mol. The molecule has 154 valence electrons. The number of fused-ring (bicyclic) bond motifs is 1. The lowest BCUT2D eigenvalue weighted by atomic mass is 10.1. The van der Waals surface area contributed by atoms with Crippen LogP contribution in [0.15, 0.2) is 34.1 Å². The number of benzene rings is 2. The van der Waals surface area contributed by atoms with Crippen molar-refractivity contribution >= 4 is 54.2 Å². The zero-order valence-corrected chi connectivity index (χ0v) is 16.6. The highest BCUT2D eigenvalue weighted by Crippen LogP contribution is 2.40. The number of aromatic hydroxyl groups is 1. The molecular formula is C14H11ClN4O8S2. The minimum atomic E-state index is -4.91. The Morgan fingerprint density at radius 3 is 2.31 bits per heavy atom. The average molecular weight is 463 g/mol. The Morgan fingerprint density at radius 1 is 1.03 bits per heavy atom. The van der Waals surface area contributed by atoms with Crippen LogP contribution in [0.1, 0.15) is 0 Å². The van der Waals surface area contributed by atoms with Gasteiger partial charge in [-0.15, -0.1) is 0 Å².